The predicted molar refractivity (Wildman–Crippen MR) is 52.9 cm³/mol. The summed E-state index contributed by atoms with van der Waals surface area (Å²) in [6, 6.07) is 4.92. The van der Waals surface area contributed by atoms with Crippen LogP contribution < -0.4 is 4.74 Å². The summed E-state index contributed by atoms with van der Waals surface area (Å²) in [6.07, 6.45) is 1.34. The van der Waals surface area contributed by atoms with Crippen LogP contribution >= 0.6 is 0 Å². The average molecular weight is 207 g/mol. The Morgan fingerprint density at radius 3 is 3.00 bits per heavy atom. The second kappa shape index (κ2) is 4.08. The third kappa shape index (κ3) is 1.81. The molecule has 1 N–H and O–H groups in total. The van der Waals surface area contributed by atoms with Gasteiger partial charge in [0.05, 0.1) is 12.2 Å². The maximum absolute atomic E-state index is 13.8. The molecule has 1 aromatic carbocycles. The van der Waals surface area contributed by atoms with Crippen LogP contribution in [-0.4, -0.2) is 21.8 Å². The summed E-state index contributed by atoms with van der Waals surface area (Å²) >= 11 is 0. The Morgan fingerprint density at radius 2 is 2.33 bits per heavy atom. The summed E-state index contributed by atoms with van der Waals surface area (Å²) in [5, 5.41) is 6.28. The molecule has 0 unspecified atom stereocenters. The molecule has 0 radical (unpaired) electrons. The van der Waals surface area contributed by atoms with E-state index < -0.39 is 5.82 Å². The molecule has 0 bridgehead atoms. The van der Waals surface area contributed by atoms with E-state index in [0.717, 1.165) is 0 Å². The number of nitrogens with one attached hydrogen (secondary N) is 1. The van der Waals surface area contributed by atoms with E-state index in [0.29, 0.717) is 18.0 Å². The molecule has 0 spiro atoms. The van der Waals surface area contributed by atoms with Gasteiger partial charge in [0.15, 0.2) is 17.4 Å². The highest BCUT2D eigenvalue weighted by Crippen LogP contribution is 2.26. The Balaban J connectivity index is 2.45. The number of aromatic amines is 1. The van der Waals surface area contributed by atoms with Gasteiger partial charge in [-0.2, -0.15) is 5.10 Å². The molecule has 0 saturated carbocycles. The Labute approximate surface area is 86.1 Å². The van der Waals surface area contributed by atoms with Crippen molar-refractivity contribution in [2.24, 2.45) is 0 Å². The first kappa shape index (κ1) is 9.64. The van der Waals surface area contributed by atoms with E-state index in [9.17, 15) is 4.39 Å². The molecular weight excluding hydrogens is 197 g/mol. The number of hydrogen-bond donors (Lipinski definition) is 1. The summed E-state index contributed by atoms with van der Waals surface area (Å²) in [5.74, 6) is 0.205. The summed E-state index contributed by atoms with van der Waals surface area (Å²) in [7, 11) is 0. The van der Waals surface area contributed by atoms with E-state index in [1.807, 2.05) is 0 Å². The van der Waals surface area contributed by atoms with Crippen molar-refractivity contribution >= 4 is 0 Å². The molecule has 2 rings (SSSR count). The molecule has 0 fully saturated rings. The quantitative estimate of drug-likeness (QED) is 0.837. The van der Waals surface area contributed by atoms with E-state index in [1.165, 1.54) is 6.33 Å². The standard InChI is InChI=1S/C10H10FN3O/c1-2-15-8-5-3-4-7(9(8)11)10-12-6-13-14-10/h3-6H,2H2,1H3,(H,12,13,14). The van der Waals surface area contributed by atoms with E-state index in [-0.39, 0.29) is 5.75 Å². The van der Waals surface area contributed by atoms with Gasteiger partial charge in [0.2, 0.25) is 0 Å². The predicted octanol–water partition coefficient (Wildman–Crippen LogP) is 2.01. The number of aromatic nitrogens is 3. The van der Waals surface area contributed by atoms with Gasteiger partial charge in [0, 0.05) is 0 Å². The Bertz CT molecular complexity index is 442. The van der Waals surface area contributed by atoms with Gasteiger partial charge in [0.25, 0.3) is 0 Å². The average Bonchev–Trinajstić information content (AvgIpc) is 2.74. The van der Waals surface area contributed by atoms with Crippen LogP contribution in [0.25, 0.3) is 11.4 Å². The van der Waals surface area contributed by atoms with Crippen LogP contribution in [0.2, 0.25) is 0 Å². The van der Waals surface area contributed by atoms with Crippen LogP contribution in [-0.2, 0) is 0 Å². The third-order valence-electron chi connectivity index (χ3n) is 1.93. The number of halogens is 1. The maximum Gasteiger partial charge on any atom is 0.176 e. The molecule has 0 aliphatic rings. The second-order valence-electron chi connectivity index (χ2n) is 2.88. The minimum atomic E-state index is -0.420. The van der Waals surface area contributed by atoms with Crippen molar-refractivity contribution in [3.8, 4) is 17.1 Å². The summed E-state index contributed by atoms with van der Waals surface area (Å²) in [6.45, 7) is 2.23. The normalized spacial score (nSPS) is 10.3. The first-order chi connectivity index (χ1) is 7.33. The lowest BCUT2D eigenvalue weighted by atomic mass is 10.2. The molecule has 2 aromatic rings. The van der Waals surface area contributed by atoms with E-state index in [4.69, 9.17) is 4.74 Å². The Kier molecular flexibility index (Phi) is 2.62. The molecule has 0 aliphatic carbocycles. The van der Waals surface area contributed by atoms with Crippen LogP contribution in [0.4, 0.5) is 4.39 Å². The number of hydrogen-bond acceptors (Lipinski definition) is 3. The summed E-state index contributed by atoms with van der Waals surface area (Å²) in [5.41, 5.74) is 0.360. The summed E-state index contributed by atoms with van der Waals surface area (Å²) in [4.78, 5) is 3.89. The van der Waals surface area contributed by atoms with Crippen molar-refractivity contribution < 1.29 is 9.13 Å². The van der Waals surface area contributed by atoms with Crippen molar-refractivity contribution in [3.05, 3.63) is 30.3 Å². The number of ether oxygens (including phenoxy) is 1. The maximum atomic E-state index is 13.8. The highest BCUT2D eigenvalue weighted by Gasteiger charge is 2.12. The fourth-order valence-corrected chi connectivity index (χ4v) is 1.30. The van der Waals surface area contributed by atoms with E-state index >= 15 is 0 Å². The highest BCUT2D eigenvalue weighted by atomic mass is 19.1. The molecule has 0 aliphatic heterocycles. The van der Waals surface area contributed by atoms with Gasteiger partial charge in [0.1, 0.15) is 6.33 Å². The Hall–Kier alpha value is -1.91. The van der Waals surface area contributed by atoms with E-state index in [1.54, 1.807) is 25.1 Å². The van der Waals surface area contributed by atoms with Crippen LogP contribution in [0, 0.1) is 5.82 Å². The smallest absolute Gasteiger partial charge is 0.176 e. The van der Waals surface area contributed by atoms with E-state index in [2.05, 4.69) is 15.2 Å². The molecule has 4 nitrogen and oxygen atoms in total. The van der Waals surface area contributed by atoms with Crippen molar-refractivity contribution in [2.45, 2.75) is 6.92 Å². The summed E-state index contributed by atoms with van der Waals surface area (Å²) < 4.78 is 18.9. The van der Waals surface area contributed by atoms with Crippen molar-refractivity contribution in [1.29, 1.82) is 0 Å². The zero-order valence-corrected chi connectivity index (χ0v) is 8.20. The van der Waals surface area contributed by atoms with Gasteiger partial charge < -0.3 is 4.74 Å². The Morgan fingerprint density at radius 1 is 1.47 bits per heavy atom. The number of H-pyrrole nitrogens is 1. The highest BCUT2D eigenvalue weighted by molar-refractivity contribution is 5.58. The van der Waals surface area contributed by atoms with Crippen LogP contribution in [0.3, 0.4) is 0 Å². The van der Waals surface area contributed by atoms with Crippen molar-refractivity contribution in [3.63, 3.8) is 0 Å². The number of nitrogens with zero attached hydrogens (tertiary/aromatic N) is 2. The van der Waals surface area contributed by atoms with Crippen LogP contribution in [0.15, 0.2) is 24.5 Å². The van der Waals surface area contributed by atoms with Gasteiger partial charge in [-0.1, -0.05) is 6.07 Å². The third-order valence-corrected chi connectivity index (χ3v) is 1.93. The SMILES string of the molecule is CCOc1cccc(-c2ncn[nH]2)c1F. The zero-order chi connectivity index (χ0) is 10.7. The minimum absolute atomic E-state index is 0.228. The molecule has 1 aromatic heterocycles. The lowest BCUT2D eigenvalue weighted by Crippen LogP contribution is -1.96. The molecular formula is C10H10FN3O. The number of rotatable bonds is 3. The molecule has 1 heterocycles. The first-order valence-corrected chi connectivity index (χ1v) is 4.60. The van der Waals surface area contributed by atoms with Gasteiger partial charge in [-0.25, -0.2) is 9.37 Å². The minimum Gasteiger partial charge on any atom is -0.491 e. The van der Waals surface area contributed by atoms with Gasteiger partial charge in [-0.05, 0) is 19.1 Å². The van der Waals surface area contributed by atoms with Crippen LogP contribution in [0.5, 0.6) is 5.75 Å². The lowest BCUT2D eigenvalue weighted by molar-refractivity contribution is 0.322. The molecule has 0 amide bonds. The number of benzene rings is 1. The topological polar surface area (TPSA) is 50.8 Å². The van der Waals surface area contributed by atoms with Gasteiger partial charge in [-0.15, -0.1) is 0 Å². The largest absolute Gasteiger partial charge is 0.491 e. The zero-order valence-electron chi connectivity index (χ0n) is 8.20. The van der Waals surface area contributed by atoms with Crippen LogP contribution in [0.1, 0.15) is 6.92 Å². The fraction of sp³-hybridized carbons (Fsp3) is 0.200. The van der Waals surface area contributed by atoms with Crippen molar-refractivity contribution in [1.82, 2.24) is 15.2 Å². The molecule has 5 heteroatoms. The second-order valence-corrected chi connectivity index (χ2v) is 2.88. The fourth-order valence-electron chi connectivity index (χ4n) is 1.30. The first-order valence-electron chi connectivity index (χ1n) is 4.60. The molecule has 0 saturated heterocycles. The van der Waals surface area contributed by atoms with Gasteiger partial charge >= 0.3 is 0 Å². The lowest BCUT2D eigenvalue weighted by Gasteiger charge is -2.06. The molecule has 15 heavy (non-hydrogen) atoms. The molecule has 78 valence electrons. The monoisotopic (exact) mass is 207 g/mol. The molecule has 0 atom stereocenters. The van der Waals surface area contributed by atoms with Gasteiger partial charge in [-0.3, -0.25) is 5.10 Å². The van der Waals surface area contributed by atoms with Crippen molar-refractivity contribution in [2.75, 3.05) is 6.61 Å².